The van der Waals surface area contributed by atoms with Crippen LogP contribution in [0.5, 0.6) is 0 Å². The van der Waals surface area contributed by atoms with Crippen molar-refractivity contribution in [1.82, 2.24) is 0 Å². The second-order valence-electron chi connectivity index (χ2n) is 3.70. The van der Waals surface area contributed by atoms with Crippen molar-refractivity contribution >= 4 is 23.4 Å². The van der Waals surface area contributed by atoms with Gasteiger partial charge in [0.25, 0.3) is 0 Å². The summed E-state index contributed by atoms with van der Waals surface area (Å²) in [5.74, 6) is 1.46. The Morgan fingerprint density at radius 1 is 1.24 bits per heavy atom. The van der Waals surface area contributed by atoms with Crippen LogP contribution in [0.1, 0.15) is 5.76 Å². The van der Waals surface area contributed by atoms with E-state index >= 15 is 0 Å². The third kappa shape index (κ3) is 4.11. The van der Waals surface area contributed by atoms with Crippen LogP contribution in [0.15, 0.2) is 52.0 Å². The Hall–Kier alpha value is -0.900. The topological polar surface area (TPSA) is 33.4 Å². The Labute approximate surface area is 110 Å². The molecule has 17 heavy (non-hydrogen) atoms. The van der Waals surface area contributed by atoms with E-state index in [2.05, 4.69) is 0 Å². The van der Waals surface area contributed by atoms with Gasteiger partial charge in [0.05, 0.1) is 12.4 Å². The van der Waals surface area contributed by atoms with Crippen LogP contribution >= 0.6 is 23.4 Å². The first-order valence-electron chi connectivity index (χ1n) is 5.33. The minimum atomic E-state index is -0.401. The molecule has 0 aliphatic rings. The van der Waals surface area contributed by atoms with Crippen LogP contribution in [-0.4, -0.2) is 17.0 Å². The van der Waals surface area contributed by atoms with Gasteiger partial charge in [-0.25, -0.2) is 0 Å². The van der Waals surface area contributed by atoms with Gasteiger partial charge in [-0.2, -0.15) is 0 Å². The van der Waals surface area contributed by atoms with Gasteiger partial charge in [0.1, 0.15) is 5.76 Å². The average Bonchev–Trinajstić information content (AvgIpc) is 2.81. The van der Waals surface area contributed by atoms with Crippen LogP contribution in [-0.2, 0) is 6.42 Å². The van der Waals surface area contributed by atoms with E-state index < -0.39 is 6.10 Å². The fourth-order valence-electron chi connectivity index (χ4n) is 1.44. The maximum atomic E-state index is 9.83. The van der Waals surface area contributed by atoms with Gasteiger partial charge in [-0.05, 0) is 36.4 Å². The molecule has 4 heteroatoms. The number of benzene rings is 1. The first kappa shape index (κ1) is 12.6. The van der Waals surface area contributed by atoms with E-state index in [9.17, 15) is 5.11 Å². The van der Waals surface area contributed by atoms with Gasteiger partial charge in [0.15, 0.2) is 0 Å². The molecule has 90 valence electrons. The van der Waals surface area contributed by atoms with E-state index in [1.54, 1.807) is 18.0 Å². The van der Waals surface area contributed by atoms with E-state index in [-0.39, 0.29) is 0 Å². The molecule has 2 nitrogen and oxygen atoms in total. The molecular weight excluding hydrogens is 256 g/mol. The summed E-state index contributed by atoms with van der Waals surface area (Å²) < 4.78 is 5.19. The van der Waals surface area contributed by atoms with E-state index in [0.29, 0.717) is 12.2 Å². The molecule has 2 aromatic rings. The minimum Gasteiger partial charge on any atom is -0.469 e. The molecule has 1 aromatic carbocycles. The van der Waals surface area contributed by atoms with E-state index in [0.717, 1.165) is 15.7 Å². The lowest BCUT2D eigenvalue weighted by Crippen LogP contribution is -2.12. The van der Waals surface area contributed by atoms with Gasteiger partial charge in [0, 0.05) is 22.1 Å². The maximum absolute atomic E-state index is 9.83. The SMILES string of the molecule is OC(CSc1ccc(Cl)cc1)Cc1ccco1. The van der Waals surface area contributed by atoms with Gasteiger partial charge in [-0.3, -0.25) is 0 Å². The number of rotatable bonds is 5. The molecule has 0 saturated heterocycles. The third-order valence-electron chi connectivity index (χ3n) is 2.27. The molecule has 1 heterocycles. The summed E-state index contributed by atoms with van der Waals surface area (Å²) in [7, 11) is 0. The summed E-state index contributed by atoms with van der Waals surface area (Å²) in [5, 5.41) is 10.6. The molecule has 0 bridgehead atoms. The van der Waals surface area contributed by atoms with Gasteiger partial charge in [-0.1, -0.05) is 11.6 Å². The summed E-state index contributed by atoms with van der Waals surface area (Å²) in [6, 6.07) is 11.3. The number of furan rings is 1. The monoisotopic (exact) mass is 268 g/mol. The number of hydrogen-bond acceptors (Lipinski definition) is 3. The Bertz CT molecular complexity index is 439. The van der Waals surface area contributed by atoms with E-state index in [1.165, 1.54) is 0 Å². The molecule has 1 atom stereocenters. The van der Waals surface area contributed by atoms with Crippen LogP contribution in [0.4, 0.5) is 0 Å². The molecule has 1 aromatic heterocycles. The summed E-state index contributed by atoms with van der Waals surface area (Å²) in [6.45, 7) is 0. The van der Waals surface area contributed by atoms with Crippen LogP contribution in [0.2, 0.25) is 5.02 Å². The molecule has 0 spiro atoms. The average molecular weight is 269 g/mol. The van der Waals surface area contributed by atoms with Crippen molar-refractivity contribution in [3.8, 4) is 0 Å². The number of aliphatic hydroxyl groups excluding tert-OH is 1. The summed E-state index contributed by atoms with van der Waals surface area (Å²) in [6.07, 6.45) is 1.77. The smallest absolute Gasteiger partial charge is 0.106 e. The highest BCUT2D eigenvalue weighted by Gasteiger charge is 2.08. The molecule has 1 N–H and O–H groups in total. The highest BCUT2D eigenvalue weighted by molar-refractivity contribution is 7.99. The van der Waals surface area contributed by atoms with Crippen LogP contribution < -0.4 is 0 Å². The normalized spacial score (nSPS) is 12.6. The van der Waals surface area contributed by atoms with Crippen molar-refractivity contribution in [3.05, 3.63) is 53.4 Å². The zero-order valence-corrected chi connectivity index (χ0v) is 10.7. The molecule has 0 fully saturated rings. The number of hydrogen-bond donors (Lipinski definition) is 1. The van der Waals surface area contributed by atoms with Gasteiger partial charge >= 0.3 is 0 Å². The lowest BCUT2D eigenvalue weighted by Gasteiger charge is -2.08. The van der Waals surface area contributed by atoms with Crippen LogP contribution in [0.3, 0.4) is 0 Å². The lowest BCUT2D eigenvalue weighted by molar-refractivity contribution is 0.192. The third-order valence-corrected chi connectivity index (χ3v) is 3.68. The van der Waals surface area contributed by atoms with Crippen molar-refractivity contribution in [3.63, 3.8) is 0 Å². The molecule has 2 rings (SSSR count). The first-order valence-corrected chi connectivity index (χ1v) is 6.69. The van der Waals surface area contributed by atoms with E-state index in [1.807, 2.05) is 36.4 Å². The molecule has 0 amide bonds. The fraction of sp³-hybridized carbons (Fsp3) is 0.231. The number of aliphatic hydroxyl groups is 1. The molecule has 0 saturated carbocycles. The molecular formula is C13H13ClO2S. The highest BCUT2D eigenvalue weighted by atomic mass is 35.5. The zero-order chi connectivity index (χ0) is 12.1. The van der Waals surface area contributed by atoms with Crippen LogP contribution in [0.25, 0.3) is 0 Å². The molecule has 1 unspecified atom stereocenters. The first-order chi connectivity index (χ1) is 8.24. The largest absolute Gasteiger partial charge is 0.469 e. The zero-order valence-electron chi connectivity index (χ0n) is 9.17. The van der Waals surface area contributed by atoms with Crippen molar-refractivity contribution in [2.24, 2.45) is 0 Å². The standard InChI is InChI=1S/C13H13ClO2S/c14-10-3-5-13(6-4-10)17-9-11(15)8-12-2-1-7-16-12/h1-7,11,15H,8-9H2. The van der Waals surface area contributed by atoms with Crippen molar-refractivity contribution in [2.45, 2.75) is 17.4 Å². The Kier molecular flexibility index (Phi) is 4.54. The number of halogens is 1. The van der Waals surface area contributed by atoms with Crippen LogP contribution in [0, 0.1) is 0 Å². The predicted molar refractivity (Wildman–Crippen MR) is 70.6 cm³/mol. The fourth-order valence-corrected chi connectivity index (χ4v) is 2.40. The summed E-state index contributed by atoms with van der Waals surface area (Å²) >= 11 is 7.41. The second kappa shape index (κ2) is 6.15. The van der Waals surface area contributed by atoms with Gasteiger partial charge < -0.3 is 9.52 Å². The predicted octanol–water partition coefficient (Wildman–Crippen LogP) is 3.63. The highest BCUT2D eigenvalue weighted by Crippen LogP contribution is 2.21. The maximum Gasteiger partial charge on any atom is 0.106 e. The Morgan fingerprint density at radius 2 is 2.00 bits per heavy atom. The van der Waals surface area contributed by atoms with Crippen molar-refractivity contribution < 1.29 is 9.52 Å². The molecule has 0 radical (unpaired) electrons. The second-order valence-corrected chi connectivity index (χ2v) is 5.23. The summed E-state index contributed by atoms with van der Waals surface area (Å²) in [5.41, 5.74) is 0. The lowest BCUT2D eigenvalue weighted by atomic mass is 10.2. The quantitative estimate of drug-likeness (QED) is 0.841. The minimum absolute atomic E-state index is 0.401. The molecule has 0 aliphatic heterocycles. The number of thioether (sulfide) groups is 1. The van der Waals surface area contributed by atoms with Gasteiger partial charge in [0.2, 0.25) is 0 Å². The van der Waals surface area contributed by atoms with Crippen molar-refractivity contribution in [1.29, 1.82) is 0 Å². The summed E-state index contributed by atoms with van der Waals surface area (Å²) in [4.78, 5) is 1.10. The van der Waals surface area contributed by atoms with Gasteiger partial charge in [-0.15, -0.1) is 11.8 Å². The van der Waals surface area contributed by atoms with Crippen molar-refractivity contribution in [2.75, 3.05) is 5.75 Å². The van der Waals surface area contributed by atoms with E-state index in [4.69, 9.17) is 16.0 Å². The Balaban J connectivity index is 1.79. The molecule has 0 aliphatic carbocycles. The Morgan fingerprint density at radius 3 is 2.65 bits per heavy atom.